The van der Waals surface area contributed by atoms with Crippen LogP contribution in [-0.4, -0.2) is 13.1 Å². The predicted octanol–water partition coefficient (Wildman–Crippen LogP) is 3.78. The Morgan fingerprint density at radius 2 is 1.88 bits per heavy atom. The lowest BCUT2D eigenvalue weighted by atomic mass is 10.0. The third-order valence-corrected chi connectivity index (χ3v) is 3.52. The Hall–Kier alpha value is -0.540. The molecule has 0 radical (unpaired) electrons. The van der Waals surface area contributed by atoms with E-state index in [2.05, 4.69) is 66.8 Å². The first-order chi connectivity index (χ1) is 7.93. The van der Waals surface area contributed by atoms with Gasteiger partial charge < -0.3 is 10.6 Å². The fourth-order valence-electron chi connectivity index (χ4n) is 2.05. The highest BCUT2D eigenvalue weighted by atomic mass is 79.9. The number of benzene rings is 1. The Kier molecular flexibility index (Phi) is 5.47. The average molecular weight is 299 g/mol. The van der Waals surface area contributed by atoms with Crippen molar-refractivity contribution < 1.29 is 0 Å². The third-order valence-electron chi connectivity index (χ3n) is 3.06. The number of nitrogens with zero attached hydrogens (tertiary/aromatic N) is 1. The molecule has 0 saturated heterocycles. The Morgan fingerprint density at radius 3 is 2.41 bits per heavy atom. The summed E-state index contributed by atoms with van der Waals surface area (Å²) in [5.41, 5.74) is 8.10. The summed E-state index contributed by atoms with van der Waals surface area (Å²) in [6, 6.07) is 6.93. The molecule has 0 bridgehead atoms. The van der Waals surface area contributed by atoms with E-state index >= 15 is 0 Å². The zero-order valence-electron chi connectivity index (χ0n) is 11.2. The van der Waals surface area contributed by atoms with Gasteiger partial charge in [0, 0.05) is 29.8 Å². The van der Waals surface area contributed by atoms with Crippen LogP contribution in [0.25, 0.3) is 0 Å². The second kappa shape index (κ2) is 6.41. The smallest absolute Gasteiger partial charge is 0.0380 e. The Bertz CT molecular complexity index is 363. The highest BCUT2D eigenvalue weighted by Crippen LogP contribution is 2.25. The molecule has 17 heavy (non-hydrogen) atoms. The molecule has 0 saturated carbocycles. The van der Waals surface area contributed by atoms with Crippen molar-refractivity contribution in [1.82, 2.24) is 0 Å². The van der Waals surface area contributed by atoms with Gasteiger partial charge in [-0.1, -0.05) is 29.8 Å². The van der Waals surface area contributed by atoms with E-state index in [4.69, 9.17) is 5.73 Å². The minimum atomic E-state index is 0.537. The summed E-state index contributed by atoms with van der Waals surface area (Å²) in [4.78, 5) is 2.32. The van der Waals surface area contributed by atoms with Gasteiger partial charge in [-0.05, 0) is 43.0 Å². The molecule has 1 aromatic carbocycles. The summed E-state index contributed by atoms with van der Waals surface area (Å²) in [7, 11) is 2.15. The Balaban J connectivity index is 2.87. The van der Waals surface area contributed by atoms with Crippen LogP contribution in [-0.2, 0) is 6.54 Å². The molecule has 1 rings (SSSR count). The number of anilines is 1. The normalized spacial score (nSPS) is 12.9. The maximum Gasteiger partial charge on any atom is 0.0380 e. The molecule has 96 valence electrons. The summed E-state index contributed by atoms with van der Waals surface area (Å²) in [5, 5.41) is 0. The van der Waals surface area contributed by atoms with Crippen LogP contribution in [0.15, 0.2) is 22.7 Å². The second-order valence-corrected chi connectivity index (χ2v) is 6.03. The summed E-state index contributed by atoms with van der Waals surface area (Å²) in [6.07, 6.45) is 1.20. The molecule has 0 aliphatic carbocycles. The van der Waals surface area contributed by atoms with Crippen molar-refractivity contribution in [2.24, 2.45) is 11.7 Å². The maximum atomic E-state index is 5.71. The molecular weight excluding hydrogens is 276 g/mol. The second-order valence-electron chi connectivity index (χ2n) is 5.11. The number of rotatable bonds is 5. The minimum Gasteiger partial charge on any atom is -0.372 e. The van der Waals surface area contributed by atoms with Crippen LogP contribution in [0.5, 0.6) is 0 Å². The molecule has 0 aromatic heterocycles. The molecule has 2 nitrogen and oxygen atoms in total. The summed E-state index contributed by atoms with van der Waals surface area (Å²) < 4.78 is 1.10. The molecule has 0 fully saturated rings. The van der Waals surface area contributed by atoms with Gasteiger partial charge in [-0.25, -0.2) is 0 Å². The summed E-state index contributed by atoms with van der Waals surface area (Å²) in [6.45, 7) is 7.37. The number of halogens is 1. The molecule has 0 spiro atoms. The number of hydrogen-bond acceptors (Lipinski definition) is 2. The van der Waals surface area contributed by atoms with Crippen LogP contribution in [0.3, 0.4) is 0 Å². The molecule has 1 unspecified atom stereocenters. The molecule has 1 atom stereocenters. The van der Waals surface area contributed by atoms with Gasteiger partial charge in [0.25, 0.3) is 0 Å². The van der Waals surface area contributed by atoms with E-state index in [1.165, 1.54) is 12.1 Å². The van der Waals surface area contributed by atoms with E-state index in [0.717, 1.165) is 10.0 Å². The zero-order chi connectivity index (χ0) is 13.0. The van der Waals surface area contributed by atoms with Crippen LogP contribution < -0.4 is 10.6 Å². The van der Waals surface area contributed by atoms with Crippen molar-refractivity contribution in [3.05, 3.63) is 28.2 Å². The predicted molar refractivity (Wildman–Crippen MR) is 79.4 cm³/mol. The van der Waals surface area contributed by atoms with E-state index in [-0.39, 0.29) is 0 Å². The molecule has 2 N–H and O–H groups in total. The van der Waals surface area contributed by atoms with Gasteiger partial charge >= 0.3 is 0 Å². The minimum absolute atomic E-state index is 0.537. The lowest BCUT2D eigenvalue weighted by Gasteiger charge is -2.29. The molecule has 0 aliphatic heterocycles. The third kappa shape index (κ3) is 4.32. The maximum absolute atomic E-state index is 5.71. The highest BCUT2D eigenvalue weighted by Gasteiger charge is 2.12. The first-order valence-electron chi connectivity index (χ1n) is 6.16. The fourth-order valence-corrected chi connectivity index (χ4v) is 2.58. The van der Waals surface area contributed by atoms with Gasteiger partial charge in [-0.3, -0.25) is 0 Å². The van der Waals surface area contributed by atoms with Gasteiger partial charge in [-0.2, -0.15) is 0 Å². The fraction of sp³-hybridized carbons (Fsp3) is 0.571. The van der Waals surface area contributed by atoms with Crippen molar-refractivity contribution >= 4 is 21.6 Å². The number of hydrogen-bond donors (Lipinski definition) is 1. The van der Waals surface area contributed by atoms with Crippen LogP contribution in [0, 0.1) is 5.92 Å². The standard InChI is InChI=1S/C14H23BrN2/c1-10(2)5-11(3)17(4)14-7-12(9-16)6-13(15)8-14/h6-8,10-11H,5,9,16H2,1-4H3. The van der Waals surface area contributed by atoms with Gasteiger partial charge in [-0.15, -0.1) is 0 Å². The lowest BCUT2D eigenvalue weighted by molar-refractivity contribution is 0.504. The van der Waals surface area contributed by atoms with Crippen LogP contribution in [0.1, 0.15) is 32.8 Å². The summed E-state index contributed by atoms with van der Waals surface area (Å²) >= 11 is 3.54. The van der Waals surface area contributed by atoms with E-state index < -0.39 is 0 Å². The molecule has 0 aliphatic rings. The van der Waals surface area contributed by atoms with Crippen LogP contribution >= 0.6 is 15.9 Å². The molecular formula is C14H23BrN2. The largest absolute Gasteiger partial charge is 0.372 e. The van der Waals surface area contributed by atoms with Crippen molar-refractivity contribution in [1.29, 1.82) is 0 Å². The van der Waals surface area contributed by atoms with Gasteiger partial charge in [0.05, 0.1) is 0 Å². The number of nitrogens with two attached hydrogens (primary N) is 1. The van der Waals surface area contributed by atoms with Crippen molar-refractivity contribution in [2.45, 2.75) is 39.8 Å². The van der Waals surface area contributed by atoms with Gasteiger partial charge in [0.2, 0.25) is 0 Å². The van der Waals surface area contributed by atoms with Crippen molar-refractivity contribution in [3.63, 3.8) is 0 Å². The van der Waals surface area contributed by atoms with Gasteiger partial charge in [0.15, 0.2) is 0 Å². The monoisotopic (exact) mass is 298 g/mol. The quantitative estimate of drug-likeness (QED) is 0.896. The molecule has 3 heteroatoms. The Morgan fingerprint density at radius 1 is 1.24 bits per heavy atom. The Labute approximate surface area is 113 Å². The van der Waals surface area contributed by atoms with Gasteiger partial charge in [0.1, 0.15) is 0 Å². The molecule has 0 amide bonds. The first-order valence-corrected chi connectivity index (χ1v) is 6.95. The first kappa shape index (κ1) is 14.5. The van der Waals surface area contributed by atoms with E-state index in [1.54, 1.807) is 0 Å². The highest BCUT2D eigenvalue weighted by molar-refractivity contribution is 9.10. The van der Waals surface area contributed by atoms with Crippen LogP contribution in [0.4, 0.5) is 5.69 Å². The van der Waals surface area contributed by atoms with E-state index in [0.29, 0.717) is 18.5 Å². The van der Waals surface area contributed by atoms with Crippen LogP contribution in [0.2, 0.25) is 0 Å². The molecule has 0 heterocycles. The molecule has 1 aromatic rings. The van der Waals surface area contributed by atoms with E-state index in [1.807, 2.05) is 0 Å². The van der Waals surface area contributed by atoms with Crippen molar-refractivity contribution in [3.8, 4) is 0 Å². The van der Waals surface area contributed by atoms with Crippen molar-refractivity contribution in [2.75, 3.05) is 11.9 Å². The topological polar surface area (TPSA) is 29.3 Å². The van der Waals surface area contributed by atoms with E-state index in [9.17, 15) is 0 Å². The lowest BCUT2D eigenvalue weighted by Crippen LogP contribution is -2.30. The summed E-state index contributed by atoms with van der Waals surface area (Å²) in [5.74, 6) is 0.716. The zero-order valence-corrected chi connectivity index (χ0v) is 12.8. The average Bonchev–Trinajstić information content (AvgIpc) is 2.26. The SMILES string of the molecule is CC(C)CC(C)N(C)c1cc(Br)cc(CN)c1.